The summed E-state index contributed by atoms with van der Waals surface area (Å²) in [4.78, 5) is 23.7. The molecule has 1 heterocycles. The number of hydrogen-bond donors (Lipinski definition) is 1. The maximum atomic E-state index is 14.2. The van der Waals surface area contributed by atoms with Crippen LogP contribution in [0.25, 0.3) is 21.7 Å². The summed E-state index contributed by atoms with van der Waals surface area (Å²) in [6.45, 7) is 0.354. The van der Waals surface area contributed by atoms with Crippen molar-refractivity contribution in [3.8, 4) is 0 Å². The zero-order valence-corrected chi connectivity index (χ0v) is 14.7. The third-order valence-electron chi connectivity index (χ3n) is 4.80. The number of aryl methyl sites for hydroxylation is 2. The predicted molar refractivity (Wildman–Crippen MR) is 103 cm³/mol. The molecule has 3 aromatic carbocycles. The number of nitrogens with zero attached hydrogens (tertiary/aromatic N) is 1. The van der Waals surface area contributed by atoms with Crippen LogP contribution in [0, 0.1) is 11.6 Å². The fourth-order valence-corrected chi connectivity index (χ4v) is 3.40. The molecule has 0 atom stereocenters. The summed E-state index contributed by atoms with van der Waals surface area (Å²) < 4.78 is 29.1. The van der Waals surface area contributed by atoms with Crippen molar-refractivity contribution in [2.24, 2.45) is 0 Å². The minimum Gasteiger partial charge on any atom is -0.477 e. The molecule has 0 bridgehead atoms. The van der Waals surface area contributed by atoms with Gasteiger partial charge in [-0.1, -0.05) is 30.3 Å². The van der Waals surface area contributed by atoms with E-state index in [0.29, 0.717) is 18.5 Å². The van der Waals surface area contributed by atoms with Gasteiger partial charge in [0.1, 0.15) is 17.2 Å². The number of aromatic nitrogens is 1. The van der Waals surface area contributed by atoms with Crippen LogP contribution in [0.5, 0.6) is 0 Å². The molecule has 0 amide bonds. The lowest BCUT2D eigenvalue weighted by Crippen LogP contribution is -2.20. The van der Waals surface area contributed by atoms with Crippen LogP contribution in [0.4, 0.5) is 8.78 Å². The number of carbonyl (C=O) groups is 1. The molecule has 0 saturated heterocycles. The highest BCUT2D eigenvalue weighted by Crippen LogP contribution is 2.20. The van der Waals surface area contributed by atoms with Crippen molar-refractivity contribution in [3.05, 3.63) is 93.8 Å². The van der Waals surface area contributed by atoms with E-state index in [0.717, 1.165) is 22.4 Å². The molecule has 0 aliphatic rings. The van der Waals surface area contributed by atoms with Gasteiger partial charge in [0.2, 0.25) is 5.43 Å². The Morgan fingerprint density at radius 2 is 1.75 bits per heavy atom. The van der Waals surface area contributed by atoms with E-state index in [1.54, 1.807) is 16.7 Å². The minimum absolute atomic E-state index is 0.226. The van der Waals surface area contributed by atoms with Crippen LogP contribution in [0.1, 0.15) is 15.9 Å². The molecule has 0 fully saturated rings. The standard InChI is InChI=1S/C22H15F2NO3/c23-16-7-6-14-10-13(4-5-15(14)11-16)8-9-25-12-17(22(27)28)21(26)20-18(24)2-1-3-19(20)25/h1-7,10-12H,8-9H2,(H,27,28). The van der Waals surface area contributed by atoms with Gasteiger partial charge in [-0.15, -0.1) is 0 Å². The molecular formula is C22H15F2NO3. The summed E-state index contributed by atoms with van der Waals surface area (Å²) in [5.41, 5.74) is 0.00765. The van der Waals surface area contributed by atoms with E-state index in [2.05, 4.69) is 0 Å². The Labute approximate surface area is 158 Å². The summed E-state index contributed by atoms with van der Waals surface area (Å²) in [5.74, 6) is -2.44. The van der Waals surface area contributed by atoms with Crippen LogP contribution in [-0.2, 0) is 13.0 Å². The Bertz CT molecular complexity index is 1290. The van der Waals surface area contributed by atoms with Crippen molar-refractivity contribution < 1.29 is 18.7 Å². The van der Waals surface area contributed by atoms with Crippen molar-refractivity contribution >= 4 is 27.6 Å². The molecule has 0 aliphatic heterocycles. The van der Waals surface area contributed by atoms with Crippen LogP contribution >= 0.6 is 0 Å². The number of hydrogen-bond acceptors (Lipinski definition) is 2. The molecule has 0 spiro atoms. The first kappa shape index (κ1) is 17.9. The number of aromatic carboxylic acids is 1. The first-order chi connectivity index (χ1) is 13.4. The van der Waals surface area contributed by atoms with Gasteiger partial charge in [0.25, 0.3) is 0 Å². The second kappa shape index (κ2) is 6.88. The topological polar surface area (TPSA) is 59.3 Å². The molecule has 0 unspecified atom stereocenters. The summed E-state index contributed by atoms with van der Waals surface area (Å²) in [7, 11) is 0. The maximum absolute atomic E-state index is 14.2. The quantitative estimate of drug-likeness (QED) is 0.573. The van der Waals surface area contributed by atoms with E-state index in [9.17, 15) is 23.5 Å². The second-order valence-electron chi connectivity index (χ2n) is 6.58. The highest BCUT2D eigenvalue weighted by Gasteiger charge is 2.17. The molecule has 0 saturated carbocycles. The summed E-state index contributed by atoms with van der Waals surface area (Å²) >= 11 is 0. The highest BCUT2D eigenvalue weighted by molar-refractivity contribution is 5.92. The van der Waals surface area contributed by atoms with E-state index in [-0.39, 0.29) is 11.2 Å². The fourth-order valence-electron chi connectivity index (χ4n) is 3.40. The van der Waals surface area contributed by atoms with E-state index in [1.807, 2.05) is 18.2 Å². The van der Waals surface area contributed by atoms with Gasteiger partial charge in [-0.25, -0.2) is 13.6 Å². The summed E-state index contributed by atoms with van der Waals surface area (Å²) in [6.07, 6.45) is 1.78. The van der Waals surface area contributed by atoms with Crippen molar-refractivity contribution in [2.45, 2.75) is 13.0 Å². The molecule has 0 radical (unpaired) electrons. The first-order valence-electron chi connectivity index (χ1n) is 8.67. The molecule has 1 N–H and O–H groups in total. The lowest BCUT2D eigenvalue weighted by Gasteiger charge is -2.13. The van der Waals surface area contributed by atoms with Crippen LogP contribution < -0.4 is 5.43 Å². The molecule has 4 aromatic rings. The Balaban J connectivity index is 1.75. The van der Waals surface area contributed by atoms with Crippen molar-refractivity contribution in [1.29, 1.82) is 0 Å². The number of fused-ring (bicyclic) bond motifs is 2. The number of benzene rings is 3. The Morgan fingerprint density at radius 3 is 2.54 bits per heavy atom. The zero-order valence-electron chi connectivity index (χ0n) is 14.7. The third kappa shape index (κ3) is 3.13. The van der Waals surface area contributed by atoms with Crippen molar-refractivity contribution in [2.75, 3.05) is 0 Å². The number of rotatable bonds is 4. The van der Waals surface area contributed by atoms with Gasteiger partial charge in [-0.05, 0) is 47.0 Å². The predicted octanol–water partition coefficient (Wildman–Crippen LogP) is 4.37. The van der Waals surface area contributed by atoms with Gasteiger partial charge in [0.15, 0.2) is 0 Å². The number of carboxylic acid groups (broad SMARTS) is 1. The Morgan fingerprint density at radius 1 is 1.00 bits per heavy atom. The molecule has 6 heteroatoms. The normalized spacial score (nSPS) is 11.2. The van der Waals surface area contributed by atoms with Crippen LogP contribution in [0.3, 0.4) is 0 Å². The molecule has 140 valence electrons. The van der Waals surface area contributed by atoms with Crippen LogP contribution in [0.2, 0.25) is 0 Å². The largest absolute Gasteiger partial charge is 0.477 e. The van der Waals surface area contributed by atoms with Crippen molar-refractivity contribution in [1.82, 2.24) is 4.57 Å². The van der Waals surface area contributed by atoms with Gasteiger partial charge < -0.3 is 9.67 Å². The van der Waals surface area contributed by atoms with E-state index >= 15 is 0 Å². The number of halogens is 2. The van der Waals surface area contributed by atoms with Crippen LogP contribution in [-0.4, -0.2) is 15.6 Å². The molecular weight excluding hydrogens is 364 g/mol. The van der Waals surface area contributed by atoms with Crippen LogP contribution in [0.15, 0.2) is 65.6 Å². The zero-order chi connectivity index (χ0) is 19.8. The monoisotopic (exact) mass is 379 g/mol. The molecule has 1 aromatic heterocycles. The van der Waals surface area contributed by atoms with E-state index < -0.39 is 22.8 Å². The molecule has 0 aliphatic carbocycles. The number of pyridine rings is 1. The van der Waals surface area contributed by atoms with Gasteiger partial charge in [-0.3, -0.25) is 4.79 Å². The fraction of sp³-hybridized carbons (Fsp3) is 0.0909. The lowest BCUT2D eigenvalue weighted by atomic mass is 10.0. The number of carboxylic acids is 1. The third-order valence-corrected chi connectivity index (χ3v) is 4.80. The smallest absolute Gasteiger partial charge is 0.341 e. The van der Waals surface area contributed by atoms with E-state index in [4.69, 9.17) is 0 Å². The van der Waals surface area contributed by atoms with E-state index in [1.165, 1.54) is 24.4 Å². The molecule has 28 heavy (non-hydrogen) atoms. The Hall–Kier alpha value is -3.54. The maximum Gasteiger partial charge on any atom is 0.341 e. The average Bonchev–Trinajstić information content (AvgIpc) is 2.67. The van der Waals surface area contributed by atoms with Crippen molar-refractivity contribution in [3.63, 3.8) is 0 Å². The minimum atomic E-state index is -1.39. The van der Waals surface area contributed by atoms with Gasteiger partial charge in [-0.2, -0.15) is 0 Å². The molecule has 4 rings (SSSR count). The van der Waals surface area contributed by atoms with Gasteiger partial charge in [0.05, 0.1) is 10.9 Å². The van der Waals surface area contributed by atoms with Gasteiger partial charge >= 0.3 is 5.97 Å². The second-order valence-corrected chi connectivity index (χ2v) is 6.58. The first-order valence-corrected chi connectivity index (χ1v) is 8.67. The highest BCUT2D eigenvalue weighted by atomic mass is 19.1. The lowest BCUT2D eigenvalue weighted by molar-refractivity contribution is 0.0695. The average molecular weight is 379 g/mol. The summed E-state index contributed by atoms with van der Waals surface area (Å²) in [6, 6.07) is 14.4. The Kier molecular flexibility index (Phi) is 4.39. The van der Waals surface area contributed by atoms with Gasteiger partial charge in [0, 0.05) is 12.7 Å². The summed E-state index contributed by atoms with van der Waals surface area (Å²) in [5, 5.41) is 10.7. The SMILES string of the molecule is O=C(O)c1cn(CCc2ccc3cc(F)ccc3c2)c2cccc(F)c2c1=O. The molecule has 4 nitrogen and oxygen atoms in total.